The second kappa shape index (κ2) is 9.19. The largest absolute Gasteiger partial charge is 0.469 e. The molecule has 1 atom stereocenters. The number of carbonyl (C=O) groups excluding carboxylic acids is 1. The molecule has 8 heteroatoms. The van der Waals surface area contributed by atoms with Gasteiger partial charge in [-0.15, -0.1) is 0 Å². The minimum atomic E-state index is -0.153. The van der Waals surface area contributed by atoms with E-state index in [0.29, 0.717) is 11.4 Å². The van der Waals surface area contributed by atoms with Crippen molar-refractivity contribution >= 4 is 34.3 Å². The average molecular weight is 462 g/mol. The molecule has 4 aromatic rings. The Morgan fingerprint density at radius 3 is 2.97 bits per heavy atom. The fourth-order valence-corrected chi connectivity index (χ4v) is 4.63. The third kappa shape index (κ3) is 4.54. The number of fused-ring (bicyclic) bond motifs is 1. The van der Waals surface area contributed by atoms with E-state index in [9.17, 15) is 4.79 Å². The topological polar surface area (TPSA) is 84.0 Å². The van der Waals surface area contributed by atoms with E-state index in [-0.39, 0.29) is 11.9 Å². The van der Waals surface area contributed by atoms with Crippen LogP contribution in [0, 0.1) is 5.92 Å². The number of hydrogen-bond acceptors (Lipinski definition) is 6. The van der Waals surface area contributed by atoms with E-state index in [1.807, 2.05) is 42.6 Å². The lowest BCUT2D eigenvalue weighted by Gasteiger charge is -2.33. The second-order valence-electron chi connectivity index (χ2n) is 8.30. The van der Waals surface area contributed by atoms with Crippen molar-refractivity contribution in [2.24, 2.45) is 5.92 Å². The molecule has 0 saturated carbocycles. The van der Waals surface area contributed by atoms with Crippen LogP contribution in [0.1, 0.15) is 19.3 Å². The SMILES string of the molecule is COC(=O)CC1CCCN(c2cnc3ccc(-c4[nH]cnc4-c4cccc(Cl)c4)nc3c2)C1. The van der Waals surface area contributed by atoms with Gasteiger partial charge in [0.05, 0.1) is 53.4 Å². The summed E-state index contributed by atoms with van der Waals surface area (Å²) in [5, 5.41) is 0.661. The molecule has 1 aliphatic rings. The number of anilines is 1. The van der Waals surface area contributed by atoms with Gasteiger partial charge in [-0.2, -0.15) is 0 Å². The zero-order chi connectivity index (χ0) is 22.8. The van der Waals surface area contributed by atoms with Gasteiger partial charge in [-0.3, -0.25) is 9.78 Å². The summed E-state index contributed by atoms with van der Waals surface area (Å²) in [6, 6.07) is 13.6. The van der Waals surface area contributed by atoms with Crippen LogP contribution in [-0.4, -0.2) is 46.1 Å². The maximum Gasteiger partial charge on any atom is 0.305 e. The summed E-state index contributed by atoms with van der Waals surface area (Å²) >= 11 is 6.18. The number of H-pyrrole nitrogens is 1. The number of aromatic amines is 1. The molecule has 1 N–H and O–H groups in total. The molecular formula is C25H24ClN5O2. The first-order valence-electron chi connectivity index (χ1n) is 11.0. The number of ether oxygens (including phenoxy) is 1. The van der Waals surface area contributed by atoms with Crippen molar-refractivity contribution in [3.63, 3.8) is 0 Å². The van der Waals surface area contributed by atoms with E-state index in [4.69, 9.17) is 21.3 Å². The smallest absolute Gasteiger partial charge is 0.305 e. The highest BCUT2D eigenvalue weighted by Gasteiger charge is 2.23. The van der Waals surface area contributed by atoms with Crippen molar-refractivity contribution in [1.82, 2.24) is 19.9 Å². The van der Waals surface area contributed by atoms with Crippen LogP contribution in [0.5, 0.6) is 0 Å². The van der Waals surface area contributed by atoms with Crippen LogP contribution in [0.15, 0.2) is 55.0 Å². The molecule has 33 heavy (non-hydrogen) atoms. The molecule has 1 fully saturated rings. The monoisotopic (exact) mass is 461 g/mol. The lowest BCUT2D eigenvalue weighted by Crippen LogP contribution is -2.36. The molecule has 1 aliphatic heterocycles. The Bertz CT molecular complexity index is 1300. The minimum Gasteiger partial charge on any atom is -0.469 e. The highest BCUT2D eigenvalue weighted by Crippen LogP contribution is 2.31. The third-order valence-corrected chi connectivity index (χ3v) is 6.32. The number of hydrogen-bond donors (Lipinski definition) is 1. The minimum absolute atomic E-state index is 0.153. The number of imidazole rings is 1. The van der Waals surface area contributed by atoms with Gasteiger partial charge in [-0.25, -0.2) is 9.97 Å². The first-order valence-corrected chi connectivity index (χ1v) is 11.4. The number of methoxy groups -OCH3 is 1. The van der Waals surface area contributed by atoms with E-state index in [0.717, 1.165) is 65.3 Å². The predicted molar refractivity (Wildman–Crippen MR) is 129 cm³/mol. The molecule has 1 saturated heterocycles. The molecule has 0 amide bonds. The fraction of sp³-hybridized carbons (Fsp3) is 0.280. The Labute approximate surface area is 196 Å². The Kier molecular flexibility index (Phi) is 5.96. The average Bonchev–Trinajstić information content (AvgIpc) is 3.33. The molecule has 1 unspecified atom stereocenters. The van der Waals surface area contributed by atoms with Crippen molar-refractivity contribution in [2.45, 2.75) is 19.3 Å². The number of piperidine rings is 1. The Morgan fingerprint density at radius 1 is 1.21 bits per heavy atom. The lowest BCUT2D eigenvalue weighted by atomic mass is 9.94. The van der Waals surface area contributed by atoms with E-state index in [1.165, 1.54) is 7.11 Å². The van der Waals surface area contributed by atoms with Crippen molar-refractivity contribution in [3.8, 4) is 22.6 Å². The molecule has 0 aliphatic carbocycles. The van der Waals surface area contributed by atoms with Gasteiger partial charge in [0.1, 0.15) is 0 Å². The van der Waals surface area contributed by atoms with Crippen LogP contribution in [0.4, 0.5) is 5.69 Å². The molecule has 0 spiro atoms. The van der Waals surface area contributed by atoms with Gasteiger partial charge in [0.15, 0.2) is 0 Å². The molecular weight excluding hydrogens is 438 g/mol. The fourth-order valence-electron chi connectivity index (χ4n) is 4.44. The van der Waals surface area contributed by atoms with Crippen molar-refractivity contribution in [1.29, 1.82) is 0 Å². The van der Waals surface area contributed by atoms with Gasteiger partial charge in [-0.05, 0) is 49.1 Å². The molecule has 1 aromatic carbocycles. The maximum absolute atomic E-state index is 11.7. The van der Waals surface area contributed by atoms with Gasteiger partial charge in [-0.1, -0.05) is 23.7 Å². The number of nitrogens with zero attached hydrogens (tertiary/aromatic N) is 4. The first kappa shape index (κ1) is 21.4. The van der Waals surface area contributed by atoms with Crippen LogP contribution in [0.2, 0.25) is 5.02 Å². The Morgan fingerprint density at radius 2 is 2.12 bits per heavy atom. The number of esters is 1. The molecule has 3 aromatic heterocycles. The van der Waals surface area contributed by atoms with Crippen LogP contribution >= 0.6 is 11.6 Å². The lowest BCUT2D eigenvalue weighted by molar-refractivity contribution is -0.141. The number of halogens is 1. The molecule has 168 valence electrons. The van der Waals surface area contributed by atoms with E-state index >= 15 is 0 Å². The van der Waals surface area contributed by atoms with E-state index < -0.39 is 0 Å². The van der Waals surface area contributed by atoms with Gasteiger partial charge < -0.3 is 14.6 Å². The highest BCUT2D eigenvalue weighted by atomic mass is 35.5. The Hall–Kier alpha value is -3.45. The summed E-state index contributed by atoms with van der Waals surface area (Å²) in [5.41, 5.74) is 6.01. The maximum atomic E-state index is 11.7. The number of pyridine rings is 2. The van der Waals surface area contributed by atoms with Crippen LogP contribution < -0.4 is 4.90 Å². The summed E-state index contributed by atoms with van der Waals surface area (Å²) in [7, 11) is 1.44. The summed E-state index contributed by atoms with van der Waals surface area (Å²) in [5.74, 6) is 0.131. The number of carbonyl (C=O) groups is 1. The van der Waals surface area contributed by atoms with Gasteiger partial charge in [0.2, 0.25) is 0 Å². The second-order valence-corrected chi connectivity index (χ2v) is 8.74. The number of nitrogens with one attached hydrogen (secondary N) is 1. The first-order chi connectivity index (χ1) is 16.1. The predicted octanol–water partition coefficient (Wildman–Crippen LogP) is 5.12. The van der Waals surface area contributed by atoms with Gasteiger partial charge >= 0.3 is 5.97 Å². The summed E-state index contributed by atoms with van der Waals surface area (Å²) in [4.78, 5) is 31.2. The number of benzene rings is 1. The number of aromatic nitrogens is 4. The number of rotatable bonds is 5. The van der Waals surface area contributed by atoms with E-state index in [1.54, 1.807) is 6.33 Å². The quantitative estimate of drug-likeness (QED) is 0.415. The van der Waals surface area contributed by atoms with Crippen LogP contribution in [0.3, 0.4) is 0 Å². The van der Waals surface area contributed by atoms with Crippen molar-refractivity contribution in [2.75, 3.05) is 25.1 Å². The van der Waals surface area contributed by atoms with Crippen molar-refractivity contribution in [3.05, 3.63) is 60.0 Å². The molecule has 4 heterocycles. The van der Waals surface area contributed by atoms with Crippen LogP contribution in [-0.2, 0) is 9.53 Å². The molecule has 0 bridgehead atoms. The summed E-state index contributed by atoms with van der Waals surface area (Å²) in [6.07, 6.45) is 6.06. The summed E-state index contributed by atoms with van der Waals surface area (Å²) in [6.45, 7) is 1.74. The molecule has 5 rings (SSSR count). The Balaban J connectivity index is 1.45. The third-order valence-electron chi connectivity index (χ3n) is 6.08. The molecule has 0 radical (unpaired) electrons. The normalized spacial score (nSPS) is 16.2. The standard InChI is InChI=1S/C25H24ClN5O2/c1-33-23(32)10-16-4-3-9-31(14-16)19-12-22-20(27-13-19)7-8-21(30-22)25-24(28-15-29-25)17-5-2-6-18(26)11-17/h2,5-8,11-13,15-16H,3-4,9-10,14H2,1H3,(H,28,29). The van der Waals surface area contributed by atoms with Gasteiger partial charge in [0.25, 0.3) is 0 Å². The van der Waals surface area contributed by atoms with E-state index in [2.05, 4.69) is 25.9 Å². The zero-order valence-electron chi connectivity index (χ0n) is 18.3. The summed E-state index contributed by atoms with van der Waals surface area (Å²) < 4.78 is 4.85. The zero-order valence-corrected chi connectivity index (χ0v) is 19.0. The van der Waals surface area contributed by atoms with Gasteiger partial charge in [0, 0.05) is 30.1 Å². The van der Waals surface area contributed by atoms with Crippen LogP contribution in [0.25, 0.3) is 33.7 Å². The highest BCUT2D eigenvalue weighted by molar-refractivity contribution is 6.30. The van der Waals surface area contributed by atoms with Crippen molar-refractivity contribution < 1.29 is 9.53 Å². The molecule has 7 nitrogen and oxygen atoms in total.